The summed E-state index contributed by atoms with van der Waals surface area (Å²) in [5.41, 5.74) is 2.46. The molecule has 4 nitrogen and oxygen atoms in total. The largest absolute Gasteiger partial charge is 0.490 e. The zero-order valence-electron chi connectivity index (χ0n) is 14.9. The fourth-order valence-corrected chi connectivity index (χ4v) is 3.51. The molecule has 0 bridgehead atoms. The standard InChI is InChI=1S/C21H25ClN2O2/c22-18-3-1-15(2-4-18)13-25-8-6-16-10-21(16)17-9-20(12-23-11-17)26-14-19-5-7-24-19/h1-4,9,11-12,16,19,21,24H,5-8,10,13-14H2/t16-,19+,21+/m1/s1. The van der Waals surface area contributed by atoms with E-state index in [1.165, 1.54) is 18.4 Å². The number of hydrogen-bond donors (Lipinski definition) is 1. The van der Waals surface area contributed by atoms with Gasteiger partial charge in [-0.3, -0.25) is 4.98 Å². The van der Waals surface area contributed by atoms with Crippen molar-refractivity contribution in [3.63, 3.8) is 0 Å². The van der Waals surface area contributed by atoms with E-state index in [2.05, 4.69) is 16.4 Å². The molecule has 1 aliphatic carbocycles. The van der Waals surface area contributed by atoms with Gasteiger partial charge in [0.2, 0.25) is 0 Å². The van der Waals surface area contributed by atoms with Gasteiger partial charge in [0.25, 0.3) is 0 Å². The highest BCUT2D eigenvalue weighted by atomic mass is 35.5. The molecule has 0 unspecified atom stereocenters. The molecule has 2 heterocycles. The second-order valence-electron chi connectivity index (χ2n) is 7.27. The normalized spacial score (nSPS) is 24.1. The summed E-state index contributed by atoms with van der Waals surface area (Å²) < 4.78 is 11.7. The van der Waals surface area contributed by atoms with Crippen LogP contribution in [0, 0.1) is 5.92 Å². The molecule has 2 aliphatic rings. The molecule has 5 heteroatoms. The van der Waals surface area contributed by atoms with Gasteiger partial charge < -0.3 is 14.8 Å². The van der Waals surface area contributed by atoms with Crippen LogP contribution in [-0.4, -0.2) is 30.8 Å². The molecule has 138 valence electrons. The van der Waals surface area contributed by atoms with E-state index in [4.69, 9.17) is 21.1 Å². The van der Waals surface area contributed by atoms with Gasteiger partial charge in [-0.2, -0.15) is 0 Å². The molecule has 0 amide bonds. The monoisotopic (exact) mass is 372 g/mol. The number of aromatic nitrogens is 1. The third-order valence-corrected chi connectivity index (χ3v) is 5.53. The first kappa shape index (κ1) is 17.8. The minimum atomic E-state index is 0.505. The summed E-state index contributed by atoms with van der Waals surface area (Å²) in [5.74, 6) is 2.19. The van der Waals surface area contributed by atoms with E-state index in [0.717, 1.165) is 42.5 Å². The summed E-state index contributed by atoms with van der Waals surface area (Å²) in [5, 5.41) is 4.11. The Kier molecular flexibility index (Phi) is 5.73. The van der Waals surface area contributed by atoms with Crippen LogP contribution in [0.1, 0.15) is 36.3 Å². The van der Waals surface area contributed by atoms with Crippen molar-refractivity contribution >= 4 is 11.6 Å². The molecule has 1 aliphatic heterocycles. The van der Waals surface area contributed by atoms with Gasteiger partial charge >= 0.3 is 0 Å². The van der Waals surface area contributed by atoms with E-state index in [1.54, 1.807) is 0 Å². The maximum atomic E-state index is 5.90. The maximum Gasteiger partial charge on any atom is 0.137 e. The number of pyridine rings is 1. The first-order chi connectivity index (χ1) is 12.8. The second-order valence-corrected chi connectivity index (χ2v) is 7.71. The van der Waals surface area contributed by atoms with Crippen molar-refractivity contribution in [3.05, 3.63) is 58.9 Å². The Bertz CT molecular complexity index is 718. The predicted molar refractivity (Wildman–Crippen MR) is 103 cm³/mol. The summed E-state index contributed by atoms with van der Waals surface area (Å²) in [6.45, 7) is 3.28. The van der Waals surface area contributed by atoms with Gasteiger partial charge in [0.15, 0.2) is 0 Å². The van der Waals surface area contributed by atoms with Crippen molar-refractivity contribution in [2.24, 2.45) is 5.92 Å². The fourth-order valence-electron chi connectivity index (χ4n) is 3.39. The number of benzene rings is 1. The molecule has 1 saturated carbocycles. The first-order valence-electron chi connectivity index (χ1n) is 9.41. The number of halogens is 1. The van der Waals surface area contributed by atoms with Crippen LogP contribution in [0.25, 0.3) is 0 Å². The quantitative estimate of drug-likeness (QED) is 0.670. The average molecular weight is 373 g/mol. The topological polar surface area (TPSA) is 43.4 Å². The van der Waals surface area contributed by atoms with E-state index in [-0.39, 0.29) is 0 Å². The zero-order valence-corrected chi connectivity index (χ0v) is 15.6. The van der Waals surface area contributed by atoms with Gasteiger partial charge in [-0.25, -0.2) is 0 Å². The minimum absolute atomic E-state index is 0.505. The van der Waals surface area contributed by atoms with Gasteiger partial charge in [-0.05, 0) is 67.0 Å². The Morgan fingerprint density at radius 3 is 2.81 bits per heavy atom. The van der Waals surface area contributed by atoms with Gasteiger partial charge in [0.05, 0.1) is 12.8 Å². The van der Waals surface area contributed by atoms with Crippen LogP contribution >= 0.6 is 11.6 Å². The van der Waals surface area contributed by atoms with Crippen molar-refractivity contribution < 1.29 is 9.47 Å². The highest BCUT2D eigenvalue weighted by Gasteiger charge is 2.38. The Morgan fingerprint density at radius 2 is 2.04 bits per heavy atom. The van der Waals surface area contributed by atoms with Crippen LogP contribution in [0.15, 0.2) is 42.7 Å². The van der Waals surface area contributed by atoms with Crippen molar-refractivity contribution in [2.45, 2.75) is 37.8 Å². The Balaban J connectivity index is 1.18. The summed E-state index contributed by atoms with van der Waals surface area (Å²) in [6, 6.07) is 10.5. The van der Waals surface area contributed by atoms with Crippen LogP contribution in [0.5, 0.6) is 5.75 Å². The average Bonchev–Trinajstić information content (AvgIpc) is 3.39. The lowest BCUT2D eigenvalue weighted by Crippen LogP contribution is -2.46. The molecule has 2 aromatic rings. The van der Waals surface area contributed by atoms with E-state index in [0.29, 0.717) is 24.5 Å². The molecule has 0 spiro atoms. The molecular weight excluding hydrogens is 348 g/mol. The van der Waals surface area contributed by atoms with Crippen LogP contribution in [0.4, 0.5) is 0 Å². The third-order valence-electron chi connectivity index (χ3n) is 5.28. The second kappa shape index (κ2) is 8.38. The zero-order chi connectivity index (χ0) is 17.8. The SMILES string of the molecule is Clc1ccc(COCC[C@@H]2C[C@@H]2c2cncc(OC[C@@H]3CCN3)c2)cc1. The van der Waals surface area contributed by atoms with Crippen molar-refractivity contribution in [3.8, 4) is 5.75 Å². The predicted octanol–water partition coefficient (Wildman–Crippen LogP) is 4.19. The number of hydrogen-bond acceptors (Lipinski definition) is 4. The number of ether oxygens (including phenoxy) is 2. The molecule has 0 radical (unpaired) electrons. The summed E-state index contributed by atoms with van der Waals surface area (Å²) >= 11 is 5.90. The third kappa shape index (κ3) is 4.76. The lowest BCUT2D eigenvalue weighted by atomic mass is 10.1. The van der Waals surface area contributed by atoms with E-state index < -0.39 is 0 Å². The first-order valence-corrected chi connectivity index (χ1v) is 9.79. The molecule has 1 N–H and O–H groups in total. The van der Waals surface area contributed by atoms with E-state index in [9.17, 15) is 0 Å². The van der Waals surface area contributed by atoms with Crippen molar-refractivity contribution in [1.29, 1.82) is 0 Å². The fraction of sp³-hybridized carbons (Fsp3) is 0.476. The molecule has 26 heavy (non-hydrogen) atoms. The van der Waals surface area contributed by atoms with E-state index >= 15 is 0 Å². The van der Waals surface area contributed by atoms with E-state index in [1.807, 2.05) is 36.7 Å². The lowest BCUT2D eigenvalue weighted by Gasteiger charge is -2.27. The smallest absolute Gasteiger partial charge is 0.137 e. The minimum Gasteiger partial charge on any atom is -0.490 e. The van der Waals surface area contributed by atoms with Gasteiger partial charge in [0.1, 0.15) is 12.4 Å². The highest BCUT2D eigenvalue weighted by Crippen LogP contribution is 2.49. The van der Waals surface area contributed by atoms with Crippen LogP contribution in [0.2, 0.25) is 5.02 Å². The summed E-state index contributed by atoms with van der Waals surface area (Å²) in [4.78, 5) is 4.36. The van der Waals surface area contributed by atoms with Gasteiger partial charge in [0, 0.05) is 23.9 Å². The molecular formula is C21H25ClN2O2. The van der Waals surface area contributed by atoms with Crippen LogP contribution in [0.3, 0.4) is 0 Å². The number of rotatable bonds is 9. The van der Waals surface area contributed by atoms with Gasteiger partial charge in [-0.15, -0.1) is 0 Å². The van der Waals surface area contributed by atoms with Gasteiger partial charge in [-0.1, -0.05) is 23.7 Å². The van der Waals surface area contributed by atoms with Crippen molar-refractivity contribution in [2.75, 3.05) is 19.8 Å². The molecule has 1 saturated heterocycles. The highest BCUT2D eigenvalue weighted by molar-refractivity contribution is 6.30. The summed E-state index contributed by atoms with van der Waals surface area (Å²) in [6.07, 6.45) is 7.31. The Morgan fingerprint density at radius 1 is 1.19 bits per heavy atom. The molecule has 1 aromatic carbocycles. The molecule has 1 aromatic heterocycles. The van der Waals surface area contributed by atoms with Crippen molar-refractivity contribution in [1.82, 2.24) is 10.3 Å². The lowest BCUT2D eigenvalue weighted by molar-refractivity contribution is 0.114. The Labute approximate surface area is 159 Å². The maximum absolute atomic E-state index is 5.90. The van der Waals surface area contributed by atoms with Crippen LogP contribution < -0.4 is 10.1 Å². The molecule has 4 rings (SSSR count). The van der Waals surface area contributed by atoms with Crippen LogP contribution in [-0.2, 0) is 11.3 Å². The Hall–Kier alpha value is -1.62. The summed E-state index contributed by atoms with van der Waals surface area (Å²) in [7, 11) is 0. The molecule has 2 fully saturated rings. The number of nitrogens with one attached hydrogen (secondary N) is 1. The molecule has 3 atom stereocenters. The number of nitrogens with zero attached hydrogens (tertiary/aromatic N) is 1.